The Kier molecular flexibility index (Phi) is 5.05. The predicted octanol–water partition coefficient (Wildman–Crippen LogP) is 5.21. The first-order chi connectivity index (χ1) is 9.56. The molecule has 2 aromatic carbocycles. The van der Waals surface area contributed by atoms with Gasteiger partial charge < -0.3 is 9.84 Å². The molecule has 0 spiro atoms. The van der Waals surface area contributed by atoms with E-state index in [1.54, 1.807) is 12.1 Å². The van der Waals surface area contributed by atoms with Crippen molar-refractivity contribution in [3.05, 3.63) is 59.1 Å². The largest absolute Gasteiger partial charge is 0.457 e. The Morgan fingerprint density at radius 1 is 1.05 bits per heavy atom. The first-order valence-electron chi connectivity index (χ1n) is 6.76. The fourth-order valence-electron chi connectivity index (χ4n) is 2.04. The van der Waals surface area contributed by atoms with E-state index < -0.39 is 6.10 Å². The second-order valence-corrected chi connectivity index (χ2v) is 5.65. The molecule has 0 saturated carbocycles. The first kappa shape index (κ1) is 14.9. The molecule has 0 saturated heterocycles. The van der Waals surface area contributed by atoms with E-state index in [1.807, 2.05) is 36.4 Å². The van der Waals surface area contributed by atoms with Crippen molar-refractivity contribution in [2.45, 2.75) is 26.4 Å². The zero-order valence-electron chi connectivity index (χ0n) is 11.7. The number of halogens is 1. The van der Waals surface area contributed by atoms with E-state index >= 15 is 0 Å². The predicted molar refractivity (Wildman–Crippen MR) is 82.4 cm³/mol. The molecule has 1 unspecified atom stereocenters. The maximum atomic E-state index is 10.2. The highest BCUT2D eigenvalue weighted by atomic mass is 35.5. The Morgan fingerprint density at radius 2 is 1.75 bits per heavy atom. The number of ether oxygens (including phenoxy) is 1. The van der Waals surface area contributed by atoms with Gasteiger partial charge in [-0.05, 0) is 42.7 Å². The molecule has 106 valence electrons. The number of aliphatic hydroxyl groups is 1. The second-order valence-electron chi connectivity index (χ2n) is 5.24. The van der Waals surface area contributed by atoms with Gasteiger partial charge in [0.1, 0.15) is 11.5 Å². The van der Waals surface area contributed by atoms with Crippen LogP contribution in [0.15, 0.2) is 48.5 Å². The Balaban J connectivity index is 2.20. The Labute approximate surface area is 125 Å². The van der Waals surface area contributed by atoms with Gasteiger partial charge in [-0.3, -0.25) is 0 Å². The van der Waals surface area contributed by atoms with Crippen molar-refractivity contribution >= 4 is 11.6 Å². The van der Waals surface area contributed by atoms with Crippen molar-refractivity contribution < 1.29 is 9.84 Å². The summed E-state index contributed by atoms with van der Waals surface area (Å²) in [5.74, 6) is 1.84. The highest BCUT2D eigenvalue weighted by Crippen LogP contribution is 2.32. The van der Waals surface area contributed by atoms with Crippen molar-refractivity contribution in [3.8, 4) is 11.5 Å². The van der Waals surface area contributed by atoms with Crippen LogP contribution in [0, 0.1) is 5.92 Å². The van der Waals surface area contributed by atoms with Gasteiger partial charge in [-0.2, -0.15) is 0 Å². The zero-order chi connectivity index (χ0) is 14.5. The number of aliphatic hydroxyl groups excluding tert-OH is 1. The van der Waals surface area contributed by atoms with Gasteiger partial charge in [-0.1, -0.05) is 43.6 Å². The first-order valence-corrected chi connectivity index (χ1v) is 7.14. The van der Waals surface area contributed by atoms with Crippen LogP contribution in [0.25, 0.3) is 0 Å². The summed E-state index contributed by atoms with van der Waals surface area (Å²) in [6.07, 6.45) is 0.107. The summed E-state index contributed by atoms with van der Waals surface area (Å²) < 4.78 is 5.76. The minimum Gasteiger partial charge on any atom is -0.457 e. The lowest BCUT2D eigenvalue weighted by molar-refractivity contribution is 0.151. The number of para-hydroxylation sites is 1. The molecular formula is C17H19ClO2. The van der Waals surface area contributed by atoms with Gasteiger partial charge in [0.2, 0.25) is 0 Å². The number of rotatable bonds is 5. The smallest absolute Gasteiger partial charge is 0.127 e. The van der Waals surface area contributed by atoms with Crippen LogP contribution in [0.5, 0.6) is 11.5 Å². The third-order valence-electron chi connectivity index (χ3n) is 3.00. The summed E-state index contributed by atoms with van der Waals surface area (Å²) >= 11 is 6.16. The van der Waals surface area contributed by atoms with Gasteiger partial charge in [-0.15, -0.1) is 0 Å². The van der Waals surface area contributed by atoms with Crippen LogP contribution in [0.3, 0.4) is 0 Å². The average Bonchev–Trinajstić information content (AvgIpc) is 2.41. The van der Waals surface area contributed by atoms with Gasteiger partial charge >= 0.3 is 0 Å². The summed E-state index contributed by atoms with van der Waals surface area (Å²) in [6.45, 7) is 4.14. The molecule has 0 radical (unpaired) electrons. The average molecular weight is 291 g/mol. The highest BCUT2D eigenvalue weighted by Gasteiger charge is 2.14. The van der Waals surface area contributed by atoms with E-state index in [0.29, 0.717) is 28.7 Å². The van der Waals surface area contributed by atoms with E-state index in [2.05, 4.69) is 13.8 Å². The number of benzene rings is 2. The highest BCUT2D eigenvalue weighted by molar-refractivity contribution is 6.31. The van der Waals surface area contributed by atoms with E-state index in [4.69, 9.17) is 16.3 Å². The van der Waals surface area contributed by atoms with Gasteiger partial charge in [0.25, 0.3) is 0 Å². The van der Waals surface area contributed by atoms with Gasteiger partial charge in [0.05, 0.1) is 6.10 Å². The van der Waals surface area contributed by atoms with Crippen LogP contribution in [0.1, 0.15) is 31.9 Å². The van der Waals surface area contributed by atoms with Crippen molar-refractivity contribution in [2.24, 2.45) is 5.92 Å². The molecule has 1 N–H and O–H groups in total. The van der Waals surface area contributed by atoms with Crippen molar-refractivity contribution in [2.75, 3.05) is 0 Å². The maximum Gasteiger partial charge on any atom is 0.127 e. The minimum absolute atomic E-state index is 0.403. The molecule has 0 fully saturated rings. The maximum absolute atomic E-state index is 10.2. The summed E-state index contributed by atoms with van der Waals surface area (Å²) in [7, 11) is 0. The van der Waals surface area contributed by atoms with Crippen LogP contribution in [0.4, 0.5) is 0 Å². The van der Waals surface area contributed by atoms with Crippen LogP contribution >= 0.6 is 11.6 Å². The third-order valence-corrected chi connectivity index (χ3v) is 3.34. The molecule has 0 aliphatic rings. The SMILES string of the molecule is CC(C)CC(O)c1cc(Oc2ccccc2)ccc1Cl. The molecule has 0 amide bonds. The number of hydrogen-bond acceptors (Lipinski definition) is 2. The molecule has 0 heterocycles. The molecule has 2 aromatic rings. The van der Waals surface area contributed by atoms with Crippen LogP contribution in [-0.2, 0) is 0 Å². The van der Waals surface area contributed by atoms with E-state index in [1.165, 1.54) is 0 Å². The van der Waals surface area contributed by atoms with Crippen LogP contribution in [-0.4, -0.2) is 5.11 Å². The fourth-order valence-corrected chi connectivity index (χ4v) is 2.28. The lowest BCUT2D eigenvalue weighted by atomic mass is 9.99. The lowest BCUT2D eigenvalue weighted by Gasteiger charge is -2.16. The minimum atomic E-state index is -0.568. The van der Waals surface area contributed by atoms with Gasteiger partial charge in [-0.25, -0.2) is 0 Å². The summed E-state index contributed by atoms with van der Waals surface area (Å²) in [6, 6.07) is 14.9. The molecule has 0 bridgehead atoms. The number of hydrogen-bond donors (Lipinski definition) is 1. The van der Waals surface area contributed by atoms with E-state index in [9.17, 15) is 5.11 Å². The Hall–Kier alpha value is -1.51. The van der Waals surface area contributed by atoms with Crippen molar-refractivity contribution in [1.82, 2.24) is 0 Å². The quantitative estimate of drug-likeness (QED) is 0.819. The molecule has 20 heavy (non-hydrogen) atoms. The summed E-state index contributed by atoms with van der Waals surface area (Å²) in [5.41, 5.74) is 0.716. The molecule has 0 aliphatic heterocycles. The molecule has 1 atom stereocenters. The molecule has 3 heteroatoms. The summed E-state index contributed by atoms with van der Waals surface area (Å²) in [4.78, 5) is 0. The van der Waals surface area contributed by atoms with Gasteiger partial charge in [0.15, 0.2) is 0 Å². The summed E-state index contributed by atoms with van der Waals surface area (Å²) in [5, 5.41) is 10.8. The Bertz CT molecular complexity index is 552. The van der Waals surface area contributed by atoms with Crippen molar-refractivity contribution in [3.63, 3.8) is 0 Å². The van der Waals surface area contributed by atoms with Crippen LogP contribution in [0.2, 0.25) is 5.02 Å². The molecular weight excluding hydrogens is 272 g/mol. The van der Waals surface area contributed by atoms with Crippen molar-refractivity contribution in [1.29, 1.82) is 0 Å². The van der Waals surface area contributed by atoms with E-state index in [-0.39, 0.29) is 0 Å². The second kappa shape index (κ2) is 6.78. The zero-order valence-corrected chi connectivity index (χ0v) is 12.5. The standard InChI is InChI=1S/C17H19ClO2/c1-12(2)10-17(19)15-11-14(8-9-16(15)18)20-13-6-4-3-5-7-13/h3-9,11-12,17,19H,10H2,1-2H3. The monoisotopic (exact) mass is 290 g/mol. The lowest BCUT2D eigenvalue weighted by Crippen LogP contribution is -2.03. The molecule has 0 aromatic heterocycles. The van der Waals surface area contributed by atoms with Gasteiger partial charge in [0, 0.05) is 10.6 Å². The van der Waals surface area contributed by atoms with Crippen LogP contribution < -0.4 is 4.74 Å². The topological polar surface area (TPSA) is 29.5 Å². The molecule has 2 nitrogen and oxygen atoms in total. The third kappa shape index (κ3) is 3.99. The Morgan fingerprint density at radius 3 is 2.40 bits per heavy atom. The fraction of sp³-hybridized carbons (Fsp3) is 0.294. The normalized spacial score (nSPS) is 12.4. The molecule has 0 aliphatic carbocycles. The van der Waals surface area contributed by atoms with E-state index in [0.717, 1.165) is 5.75 Å². The molecule has 2 rings (SSSR count).